The van der Waals surface area contributed by atoms with Crippen molar-refractivity contribution in [3.05, 3.63) is 58.6 Å². The number of ether oxygens (including phenoxy) is 1. The van der Waals surface area contributed by atoms with Gasteiger partial charge in [-0.05, 0) is 24.3 Å². The third-order valence-electron chi connectivity index (χ3n) is 4.52. The summed E-state index contributed by atoms with van der Waals surface area (Å²) in [5.74, 6) is -2.33. The Kier molecular flexibility index (Phi) is 6.17. The Bertz CT molecular complexity index is 937. The number of amides is 1. The van der Waals surface area contributed by atoms with E-state index in [4.69, 9.17) is 14.6 Å². The molecule has 1 aliphatic heterocycles. The molecule has 8 nitrogen and oxygen atoms in total. The number of morpholine rings is 1. The highest BCUT2D eigenvalue weighted by molar-refractivity contribution is 6.11. The fraction of sp³-hybridized carbons (Fsp3) is 0.316. The molecule has 0 bridgehead atoms. The summed E-state index contributed by atoms with van der Waals surface area (Å²) in [6.45, 7) is 4.24. The number of aromatic hydroxyl groups is 1. The van der Waals surface area contributed by atoms with E-state index < -0.39 is 23.1 Å². The monoisotopic (exact) mass is 390 g/mol. The molecule has 1 fully saturated rings. The van der Waals surface area contributed by atoms with Crippen molar-refractivity contribution in [1.82, 2.24) is 5.32 Å². The van der Waals surface area contributed by atoms with Crippen LogP contribution in [-0.2, 0) is 4.74 Å². The highest BCUT2D eigenvalue weighted by atomic mass is 19.1. The van der Waals surface area contributed by atoms with Gasteiger partial charge in [-0.1, -0.05) is 0 Å². The summed E-state index contributed by atoms with van der Waals surface area (Å²) in [7, 11) is 0. The number of phenolic OH excluding ortho intramolecular Hbond substituents is 1. The summed E-state index contributed by atoms with van der Waals surface area (Å²) < 4.78 is 23.7. The zero-order chi connectivity index (χ0) is 20.1. The molecule has 0 saturated carbocycles. The zero-order valence-corrected chi connectivity index (χ0v) is 15.1. The molecule has 148 valence electrons. The third-order valence-corrected chi connectivity index (χ3v) is 4.52. The standard InChI is InChI=1S/C19H20FN3O5/c20-13-1-2-16(24)14(10-13)17(25)12-9-15(18(21)28-11-12)19(26)22-3-4-23-5-7-27-8-6-23/h1-2,9-11,21,24H,3-8H2,(H,22,26)/p+1. The van der Waals surface area contributed by atoms with Gasteiger partial charge in [-0.15, -0.1) is 0 Å². The minimum atomic E-state index is -0.715. The Morgan fingerprint density at radius 3 is 2.71 bits per heavy atom. The van der Waals surface area contributed by atoms with Crippen LogP contribution in [0.15, 0.2) is 34.9 Å². The number of hydrogen-bond acceptors (Lipinski definition) is 6. The molecule has 9 heteroatoms. The molecule has 1 aromatic heterocycles. The van der Waals surface area contributed by atoms with Crippen molar-refractivity contribution in [2.24, 2.45) is 0 Å². The molecular weight excluding hydrogens is 369 g/mol. The van der Waals surface area contributed by atoms with Crippen LogP contribution in [0.1, 0.15) is 26.3 Å². The van der Waals surface area contributed by atoms with Crippen molar-refractivity contribution in [3.8, 4) is 5.75 Å². The van der Waals surface area contributed by atoms with Gasteiger partial charge < -0.3 is 24.5 Å². The van der Waals surface area contributed by atoms with Gasteiger partial charge >= 0.3 is 0 Å². The molecule has 3 rings (SSSR count). The lowest BCUT2D eigenvalue weighted by atomic mass is 10.0. The van der Waals surface area contributed by atoms with Crippen LogP contribution in [0.25, 0.3) is 0 Å². The van der Waals surface area contributed by atoms with Gasteiger partial charge in [-0.25, -0.2) is 4.39 Å². The van der Waals surface area contributed by atoms with Gasteiger partial charge in [0.2, 0.25) is 5.55 Å². The predicted octanol–water partition coefficient (Wildman–Crippen LogP) is -0.520. The van der Waals surface area contributed by atoms with Crippen LogP contribution in [0.4, 0.5) is 4.39 Å². The number of ketones is 1. The van der Waals surface area contributed by atoms with Crippen LogP contribution in [0.2, 0.25) is 0 Å². The average Bonchev–Trinajstić information content (AvgIpc) is 2.70. The van der Waals surface area contributed by atoms with Gasteiger partial charge in [-0.2, -0.15) is 0 Å². The summed E-state index contributed by atoms with van der Waals surface area (Å²) in [4.78, 5) is 26.2. The first-order chi connectivity index (χ1) is 13.5. The summed E-state index contributed by atoms with van der Waals surface area (Å²) in [5, 5.41) is 20.3. The highest BCUT2D eigenvalue weighted by Gasteiger charge is 2.19. The number of nitrogens with one attached hydrogen (secondary N) is 3. The molecule has 0 unspecified atom stereocenters. The fourth-order valence-electron chi connectivity index (χ4n) is 2.93. The Hall–Kier alpha value is -3.04. The van der Waals surface area contributed by atoms with Crippen LogP contribution in [-0.4, -0.2) is 56.2 Å². The number of phenols is 1. The summed E-state index contributed by atoms with van der Waals surface area (Å²) >= 11 is 0. The predicted molar refractivity (Wildman–Crippen MR) is 94.8 cm³/mol. The van der Waals surface area contributed by atoms with E-state index in [-0.39, 0.29) is 22.4 Å². The first kappa shape index (κ1) is 19.7. The Balaban J connectivity index is 1.71. The van der Waals surface area contributed by atoms with Crippen molar-refractivity contribution in [2.45, 2.75) is 0 Å². The summed E-state index contributed by atoms with van der Waals surface area (Å²) in [5.41, 5.74) is -0.828. The summed E-state index contributed by atoms with van der Waals surface area (Å²) in [6.07, 6.45) is 1.00. The number of carbonyl (C=O) groups is 2. The first-order valence-electron chi connectivity index (χ1n) is 8.86. The van der Waals surface area contributed by atoms with Gasteiger partial charge in [0, 0.05) is 0 Å². The lowest BCUT2D eigenvalue weighted by Crippen LogP contribution is -3.14. The Labute approximate surface area is 160 Å². The van der Waals surface area contributed by atoms with Crippen LogP contribution >= 0.6 is 0 Å². The lowest BCUT2D eigenvalue weighted by Gasteiger charge is -2.23. The van der Waals surface area contributed by atoms with E-state index in [9.17, 15) is 19.1 Å². The van der Waals surface area contributed by atoms with E-state index in [1.807, 2.05) is 0 Å². The van der Waals surface area contributed by atoms with E-state index in [2.05, 4.69) is 5.32 Å². The fourth-order valence-corrected chi connectivity index (χ4v) is 2.93. The van der Waals surface area contributed by atoms with Crippen molar-refractivity contribution in [1.29, 1.82) is 5.41 Å². The molecule has 1 aromatic carbocycles. The number of rotatable bonds is 6. The van der Waals surface area contributed by atoms with Gasteiger partial charge in [0.05, 0.1) is 37.4 Å². The molecule has 28 heavy (non-hydrogen) atoms. The maximum absolute atomic E-state index is 13.4. The molecule has 2 heterocycles. The van der Waals surface area contributed by atoms with E-state index >= 15 is 0 Å². The van der Waals surface area contributed by atoms with E-state index in [1.165, 1.54) is 11.0 Å². The number of benzene rings is 1. The minimum Gasteiger partial charge on any atom is -0.507 e. The van der Waals surface area contributed by atoms with E-state index in [1.54, 1.807) is 0 Å². The largest absolute Gasteiger partial charge is 0.507 e. The minimum absolute atomic E-state index is 0.0687. The molecule has 2 aromatic rings. The first-order valence-corrected chi connectivity index (χ1v) is 8.86. The number of quaternary nitrogens is 1. The van der Waals surface area contributed by atoms with Gasteiger partial charge in [-0.3, -0.25) is 15.0 Å². The number of hydrogen-bond donors (Lipinski definition) is 4. The molecule has 1 amide bonds. The Morgan fingerprint density at radius 1 is 1.21 bits per heavy atom. The van der Waals surface area contributed by atoms with Gasteiger partial charge in [0.15, 0.2) is 5.78 Å². The van der Waals surface area contributed by atoms with E-state index in [0.717, 1.165) is 44.1 Å². The second-order valence-electron chi connectivity index (χ2n) is 6.44. The SMILES string of the molecule is N=c1occ(C(=O)c2cc(F)ccc2O)cc1C(=O)NCC[NH+]1CCOCC1. The quantitative estimate of drug-likeness (QED) is 0.495. The maximum Gasteiger partial charge on any atom is 0.256 e. The number of carbonyl (C=O) groups excluding carboxylic acids is 2. The molecule has 4 N–H and O–H groups in total. The smallest absolute Gasteiger partial charge is 0.256 e. The van der Waals surface area contributed by atoms with Crippen LogP contribution < -0.4 is 15.8 Å². The molecule has 0 aliphatic carbocycles. The maximum atomic E-state index is 13.4. The highest BCUT2D eigenvalue weighted by Crippen LogP contribution is 2.21. The van der Waals surface area contributed by atoms with Crippen molar-refractivity contribution < 1.29 is 33.1 Å². The van der Waals surface area contributed by atoms with Crippen molar-refractivity contribution in [3.63, 3.8) is 0 Å². The van der Waals surface area contributed by atoms with Crippen LogP contribution in [0.5, 0.6) is 5.75 Å². The lowest BCUT2D eigenvalue weighted by molar-refractivity contribution is -0.906. The molecule has 1 aliphatic rings. The zero-order valence-electron chi connectivity index (χ0n) is 15.1. The van der Waals surface area contributed by atoms with Crippen molar-refractivity contribution >= 4 is 11.7 Å². The molecule has 0 spiro atoms. The topological polar surface area (TPSA) is 117 Å². The molecule has 0 radical (unpaired) electrons. The second kappa shape index (κ2) is 8.77. The van der Waals surface area contributed by atoms with Crippen LogP contribution in [0.3, 0.4) is 0 Å². The van der Waals surface area contributed by atoms with Crippen molar-refractivity contribution in [2.75, 3.05) is 39.4 Å². The van der Waals surface area contributed by atoms with E-state index in [0.29, 0.717) is 19.8 Å². The second-order valence-corrected chi connectivity index (χ2v) is 6.44. The average molecular weight is 390 g/mol. The molecule has 0 atom stereocenters. The number of halogens is 1. The third kappa shape index (κ3) is 4.62. The summed E-state index contributed by atoms with van der Waals surface area (Å²) in [6, 6.07) is 4.20. The van der Waals surface area contributed by atoms with Gasteiger partial charge in [0.1, 0.15) is 36.5 Å². The normalized spacial score (nSPS) is 14.6. The molecule has 1 saturated heterocycles. The van der Waals surface area contributed by atoms with Gasteiger partial charge in [0.25, 0.3) is 5.91 Å². The van der Waals surface area contributed by atoms with Crippen LogP contribution in [0, 0.1) is 11.2 Å². The Morgan fingerprint density at radius 2 is 1.96 bits per heavy atom. The molecular formula is C19H21FN3O5+.